The Kier molecular flexibility index (Phi) is 6.98. The first-order valence-electron chi connectivity index (χ1n) is 11.9. The molecule has 2 N–H and O–H groups in total. The molecule has 4 rings (SSSR count). The van der Waals surface area contributed by atoms with E-state index in [4.69, 9.17) is 4.42 Å². The molecule has 2 aromatic carbocycles. The molecule has 1 aliphatic carbocycles. The summed E-state index contributed by atoms with van der Waals surface area (Å²) in [6, 6.07) is 19.8. The molecule has 1 heterocycles. The highest BCUT2D eigenvalue weighted by Crippen LogP contribution is 2.42. The van der Waals surface area contributed by atoms with E-state index in [9.17, 15) is 10.0 Å². The average molecular weight is 459 g/mol. The molecule has 34 heavy (non-hydrogen) atoms. The van der Waals surface area contributed by atoms with E-state index in [0.29, 0.717) is 5.56 Å². The summed E-state index contributed by atoms with van der Waals surface area (Å²) in [6.07, 6.45) is 0. The summed E-state index contributed by atoms with van der Waals surface area (Å²) in [6.45, 7) is 12.1. The normalized spacial score (nSPS) is 11.1. The van der Waals surface area contributed by atoms with Crippen LogP contribution in [0.25, 0.3) is 33.4 Å². The molecule has 2 aliphatic rings. The van der Waals surface area contributed by atoms with Gasteiger partial charge in [-0.25, -0.2) is 10.1 Å². The first-order valence-corrected chi connectivity index (χ1v) is 11.9. The Hall–Kier alpha value is -3.64. The van der Waals surface area contributed by atoms with E-state index in [0.717, 1.165) is 70.6 Å². The average Bonchev–Trinajstić information content (AvgIpc) is 2.88. The molecule has 0 saturated carbocycles. The molecule has 1 amide bonds. The van der Waals surface area contributed by atoms with Crippen molar-refractivity contribution in [2.45, 2.75) is 27.7 Å². The van der Waals surface area contributed by atoms with Crippen LogP contribution in [0, 0.1) is 0 Å². The van der Waals surface area contributed by atoms with E-state index in [-0.39, 0.29) is 0 Å². The summed E-state index contributed by atoms with van der Waals surface area (Å²) in [5.41, 5.74) is 6.60. The summed E-state index contributed by atoms with van der Waals surface area (Å²) < 4.78 is 8.77. The molecule has 0 bridgehead atoms. The molecule has 2 aromatic rings. The second-order valence-electron chi connectivity index (χ2n) is 8.17. The van der Waals surface area contributed by atoms with Gasteiger partial charge in [0.2, 0.25) is 5.36 Å². The van der Waals surface area contributed by atoms with Gasteiger partial charge in [0.1, 0.15) is 24.4 Å². The van der Waals surface area contributed by atoms with Crippen molar-refractivity contribution in [2.24, 2.45) is 0 Å². The molecule has 176 valence electrons. The maximum absolute atomic E-state index is 12.5. The molecule has 0 unspecified atom stereocenters. The largest absolute Gasteiger partial charge is 0.456 e. The fourth-order valence-electron chi connectivity index (χ4n) is 4.69. The van der Waals surface area contributed by atoms with E-state index in [1.54, 1.807) is 17.6 Å². The minimum Gasteiger partial charge on any atom is -0.456 e. The van der Waals surface area contributed by atoms with E-state index in [1.807, 2.05) is 12.1 Å². The zero-order valence-electron chi connectivity index (χ0n) is 20.3. The third kappa shape index (κ3) is 4.17. The van der Waals surface area contributed by atoms with Crippen molar-refractivity contribution in [3.05, 3.63) is 71.6 Å². The van der Waals surface area contributed by atoms with E-state index < -0.39 is 5.91 Å². The van der Waals surface area contributed by atoms with Gasteiger partial charge in [-0.05, 0) is 57.5 Å². The number of nitrogens with zero attached hydrogens (tertiary/aromatic N) is 2. The summed E-state index contributed by atoms with van der Waals surface area (Å²) in [4.78, 5) is 14.8. The number of carbonyl (C=O) groups is 1. The lowest BCUT2D eigenvalue weighted by Gasteiger charge is -2.22. The van der Waals surface area contributed by atoms with Gasteiger partial charge in [0, 0.05) is 53.0 Å². The predicted octanol–water partition coefficient (Wildman–Crippen LogP) is 4.98. The van der Waals surface area contributed by atoms with Gasteiger partial charge in [-0.1, -0.05) is 18.2 Å². The number of anilines is 1. The smallest absolute Gasteiger partial charge is 0.275 e. The molecule has 1 aliphatic heterocycles. The lowest BCUT2D eigenvalue weighted by Crippen LogP contribution is -2.29. The van der Waals surface area contributed by atoms with Crippen molar-refractivity contribution >= 4 is 22.6 Å². The fraction of sp³-hybridized carbons (Fsp3) is 0.286. The van der Waals surface area contributed by atoms with Crippen molar-refractivity contribution in [1.82, 2.24) is 10.1 Å². The van der Waals surface area contributed by atoms with Crippen LogP contribution < -0.4 is 20.3 Å². The van der Waals surface area contributed by atoms with Gasteiger partial charge in [-0.3, -0.25) is 10.0 Å². The SMILES string of the molecule is CCN(CC)c1ccc2c(-c3ccccc3C(=O)NO)c3ccc(=[N+](CC)CC)cc-3oc2c1. The number of hydroxylamine groups is 1. The van der Waals surface area contributed by atoms with Gasteiger partial charge >= 0.3 is 0 Å². The maximum atomic E-state index is 12.5. The Morgan fingerprint density at radius 3 is 2.35 bits per heavy atom. The first kappa shape index (κ1) is 23.5. The van der Waals surface area contributed by atoms with Crippen molar-refractivity contribution in [3.8, 4) is 22.5 Å². The highest BCUT2D eigenvalue weighted by atomic mass is 16.5. The van der Waals surface area contributed by atoms with Crippen molar-refractivity contribution < 1.29 is 14.4 Å². The van der Waals surface area contributed by atoms with E-state index in [1.165, 1.54) is 0 Å². The van der Waals surface area contributed by atoms with Crippen LogP contribution in [0.15, 0.2) is 65.1 Å². The van der Waals surface area contributed by atoms with Crippen LogP contribution >= 0.6 is 0 Å². The van der Waals surface area contributed by atoms with Crippen LogP contribution in [0.2, 0.25) is 0 Å². The van der Waals surface area contributed by atoms with Gasteiger partial charge in [0.05, 0.1) is 6.07 Å². The second-order valence-corrected chi connectivity index (χ2v) is 8.17. The Morgan fingerprint density at radius 2 is 1.68 bits per heavy atom. The van der Waals surface area contributed by atoms with Crippen LogP contribution in [-0.2, 0) is 0 Å². The van der Waals surface area contributed by atoms with Gasteiger partial charge in [-0.2, -0.15) is 0 Å². The number of rotatable bonds is 7. The molecule has 0 fully saturated rings. The summed E-state index contributed by atoms with van der Waals surface area (Å²) in [5.74, 6) is 0.208. The molecular formula is C28H32N3O3+. The number of hydrogen-bond acceptors (Lipinski definition) is 4. The molecule has 0 saturated heterocycles. The zero-order valence-corrected chi connectivity index (χ0v) is 20.3. The third-order valence-electron chi connectivity index (χ3n) is 6.49. The lowest BCUT2D eigenvalue weighted by atomic mass is 9.90. The molecule has 0 aromatic heterocycles. The van der Waals surface area contributed by atoms with Gasteiger partial charge in [0.25, 0.3) is 5.91 Å². The van der Waals surface area contributed by atoms with Crippen LogP contribution in [-0.4, -0.2) is 37.3 Å². The van der Waals surface area contributed by atoms with Gasteiger partial charge < -0.3 is 9.32 Å². The summed E-state index contributed by atoms with van der Waals surface area (Å²) in [5, 5.41) is 11.4. The second kappa shape index (κ2) is 10.1. The van der Waals surface area contributed by atoms with Crippen molar-refractivity contribution in [3.63, 3.8) is 0 Å². The number of benzene rings is 3. The molecule has 0 radical (unpaired) electrons. The highest BCUT2D eigenvalue weighted by molar-refractivity contribution is 6.09. The van der Waals surface area contributed by atoms with Gasteiger partial charge in [-0.15, -0.1) is 0 Å². The Labute approximate surface area is 200 Å². The first-order chi connectivity index (χ1) is 16.6. The standard InChI is InChI=1S/C28H31N3O3/c1-5-30(6-2)19-13-15-23-25(17-19)34-26-18-20(31(7-3)8-4)14-16-24(26)27(23)21-11-9-10-12-22(21)28(32)29-33/h9-18H,5-8H2,1-4H3,(H-,29,32,33)/p+1. The number of fused-ring (bicyclic) bond motifs is 2. The quantitative estimate of drug-likeness (QED) is 0.177. The molecule has 6 nitrogen and oxygen atoms in total. The number of hydrogen-bond donors (Lipinski definition) is 2. The molecule has 0 spiro atoms. The summed E-state index contributed by atoms with van der Waals surface area (Å²) >= 11 is 0. The number of nitrogens with one attached hydrogen (secondary N) is 1. The van der Waals surface area contributed by atoms with Gasteiger partial charge in [0.15, 0.2) is 0 Å². The zero-order chi connectivity index (χ0) is 24.2. The van der Waals surface area contributed by atoms with Crippen LogP contribution in [0.4, 0.5) is 5.69 Å². The Morgan fingerprint density at radius 1 is 0.941 bits per heavy atom. The molecular weight excluding hydrogens is 426 g/mol. The predicted molar refractivity (Wildman–Crippen MR) is 137 cm³/mol. The monoisotopic (exact) mass is 458 g/mol. The minimum atomic E-state index is -0.544. The number of amides is 1. The Balaban J connectivity index is 2.13. The number of carbonyl (C=O) groups excluding carboxylic acids is 1. The summed E-state index contributed by atoms with van der Waals surface area (Å²) in [7, 11) is 0. The van der Waals surface area contributed by atoms with Crippen LogP contribution in [0.1, 0.15) is 38.1 Å². The van der Waals surface area contributed by atoms with Crippen LogP contribution in [0.5, 0.6) is 0 Å². The van der Waals surface area contributed by atoms with Crippen molar-refractivity contribution in [1.29, 1.82) is 0 Å². The highest BCUT2D eigenvalue weighted by Gasteiger charge is 2.22. The fourth-order valence-corrected chi connectivity index (χ4v) is 4.69. The van der Waals surface area contributed by atoms with E-state index >= 15 is 0 Å². The minimum absolute atomic E-state index is 0.402. The van der Waals surface area contributed by atoms with Crippen LogP contribution in [0.3, 0.4) is 0 Å². The third-order valence-corrected chi connectivity index (χ3v) is 6.49. The lowest BCUT2D eigenvalue weighted by molar-refractivity contribution is 0.0707. The van der Waals surface area contributed by atoms with E-state index in [2.05, 4.69) is 73.6 Å². The topological polar surface area (TPSA) is 68.7 Å². The Bertz CT molecular complexity index is 1360. The molecule has 0 atom stereocenters. The van der Waals surface area contributed by atoms with Crippen molar-refractivity contribution in [2.75, 3.05) is 31.1 Å². The molecule has 6 heteroatoms. The maximum Gasteiger partial charge on any atom is 0.275 e.